The molecule has 1 aromatic carbocycles. The number of aromatic nitrogens is 1. The minimum absolute atomic E-state index is 0.130. The van der Waals surface area contributed by atoms with Crippen molar-refractivity contribution in [3.63, 3.8) is 0 Å². The van der Waals surface area contributed by atoms with Crippen LogP contribution in [0, 0.1) is 12.7 Å². The highest BCUT2D eigenvalue weighted by Gasteiger charge is 2.21. The third-order valence-electron chi connectivity index (χ3n) is 3.00. The van der Waals surface area contributed by atoms with Crippen LogP contribution in [0.3, 0.4) is 0 Å². The Morgan fingerprint density at radius 1 is 1.37 bits per heavy atom. The molecule has 0 aliphatic rings. The van der Waals surface area contributed by atoms with Crippen molar-refractivity contribution < 1.29 is 14.3 Å². The van der Waals surface area contributed by atoms with E-state index in [0.717, 1.165) is 5.69 Å². The number of hydrogen-bond acceptors (Lipinski definition) is 2. The lowest BCUT2D eigenvalue weighted by atomic mass is 9.92. The fourth-order valence-electron chi connectivity index (χ4n) is 2.02. The molecule has 1 unspecified atom stereocenters. The predicted molar refractivity (Wildman–Crippen MR) is 69.5 cm³/mol. The van der Waals surface area contributed by atoms with Crippen LogP contribution in [0.4, 0.5) is 4.39 Å². The molecule has 0 radical (unpaired) electrons. The monoisotopic (exact) mass is 259 g/mol. The molecule has 2 rings (SSSR count). The molecule has 19 heavy (non-hydrogen) atoms. The number of benzene rings is 1. The summed E-state index contributed by atoms with van der Waals surface area (Å²) in [7, 11) is 0. The third kappa shape index (κ3) is 3.16. The highest BCUT2D eigenvalue weighted by atomic mass is 19.1. The maximum atomic E-state index is 13.6. The van der Waals surface area contributed by atoms with Gasteiger partial charge in [0.25, 0.3) is 0 Å². The second kappa shape index (κ2) is 5.61. The van der Waals surface area contributed by atoms with Crippen molar-refractivity contribution in [2.45, 2.75) is 19.3 Å². The number of carboxylic acids is 1. The fourth-order valence-corrected chi connectivity index (χ4v) is 2.02. The summed E-state index contributed by atoms with van der Waals surface area (Å²) in [5.74, 6) is -2.10. The molecule has 0 fully saturated rings. The molecule has 0 spiro atoms. The molecule has 1 N–H and O–H groups in total. The van der Waals surface area contributed by atoms with Gasteiger partial charge in [-0.1, -0.05) is 18.2 Å². The molecule has 1 heterocycles. The van der Waals surface area contributed by atoms with E-state index >= 15 is 0 Å². The van der Waals surface area contributed by atoms with E-state index in [1.165, 1.54) is 6.07 Å². The summed E-state index contributed by atoms with van der Waals surface area (Å²) in [6, 6.07) is 9.62. The topological polar surface area (TPSA) is 50.2 Å². The maximum Gasteiger partial charge on any atom is 0.311 e. The zero-order valence-electron chi connectivity index (χ0n) is 10.5. The van der Waals surface area contributed by atoms with Crippen LogP contribution in [0.1, 0.15) is 22.7 Å². The lowest BCUT2D eigenvalue weighted by molar-refractivity contribution is -0.138. The van der Waals surface area contributed by atoms with Crippen molar-refractivity contribution in [1.82, 2.24) is 4.98 Å². The molecule has 1 atom stereocenters. The molecular formula is C15H14FNO2. The van der Waals surface area contributed by atoms with Crippen LogP contribution in [-0.4, -0.2) is 16.1 Å². The van der Waals surface area contributed by atoms with Crippen LogP contribution in [-0.2, 0) is 11.2 Å². The molecule has 0 aliphatic carbocycles. The maximum absolute atomic E-state index is 13.6. The molecule has 3 nitrogen and oxygen atoms in total. The summed E-state index contributed by atoms with van der Waals surface area (Å²) >= 11 is 0. The average molecular weight is 259 g/mol. The van der Waals surface area contributed by atoms with Gasteiger partial charge in [0.2, 0.25) is 0 Å². The molecule has 2 aromatic rings. The highest BCUT2D eigenvalue weighted by molar-refractivity contribution is 5.76. The Kier molecular flexibility index (Phi) is 3.90. The van der Waals surface area contributed by atoms with Gasteiger partial charge >= 0.3 is 5.97 Å². The Morgan fingerprint density at radius 2 is 2.11 bits per heavy atom. The fraction of sp³-hybridized carbons (Fsp3) is 0.200. The van der Waals surface area contributed by atoms with Gasteiger partial charge in [-0.05, 0) is 42.7 Å². The number of halogens is 1. The minimum atomic E-state index is -0.964. The molecule has 1 aromatic heterocycles. The Bertz CT molecular complexity index is 598. The second-order valence-corrected chi connectivity index (χ2v) is 4.42. The third-order valence-corrected chi connectivity index (χ3v) is 3.00. The van der Waals surface area contributed by atoms with Crippen LogP contribution >= 0.6 is 0 Å². The van der Waals surface area contributed by atoms with E-state index < -0.39 is 11.9 Å². The first-order chi connectivity index (χ1) is 9.08. The Labute approximate surface area is 110 Å². The van der Waals surface area contributed by atoms with Crippen molar-refractivity contribution in [2.24, 2.45) is 0 Å². The van der Waals surface area contributed by atoms with Gasteiger partial charge in [0.1, 0.15) is 5.82 Å². The summed E-state index contributed by atoms with van der Waals surface area (Å²) in [5, 5.41) is 9.33. The Balaban J connectivity index is 2.32. The van der Waals surface area contributed by atoms with Crippen LogP contribution in [0.2, 0.25) is 0 Å². The summed E-state index contributed by atoms with van der Waals surface area (Å²) in [4.78, 5) is 15.4. The van der Waals surface area contributed by atoms with Gasteiger partial charge in [0.15, 0.2) is 0 Å². The molecule has 98 valence electrons. The van der Waals surface area contributed by atoms with E-state index in [9.17, 15) is 14.3 Å². The number of aryl methyl sites for hydroxylation is 1. The van der Waals surface area contributed by atoms with Crippen LogP contribution in [0.5, 0.6) is 0 Å². The smallest absolute Gasteiger partial charge is 0.311 e. The number of nitrogens with zero attached hydrogens (tertiary/aromatic N) is 1. The number of rotatable bonds is 4. The molecular weight excluding hydrogens is 245 g/mol. The van der Waals surface area contributed by atoms with Gasteiger partial charge in [0, 0.05) is 11.9 Å². The number of carboxylic acid groups (broad SMARTS) is 1. The van der Waals surface area contributed by atoms with E-state index in [0.29, 0.717) is 11.1 Å². The molecule has 4 heteroatoms. The van der Waals surface area contributed by atoms with Crippen LogP contribution in [0.15, 0.2) is 42.6 Å². The second-order valence-electron chi connectivity index (χ2n) is 4.42. The van der Waals surface area contributed by atoms with Gasteiger partial charge in [-0.25, -0.2) is 4.39 Å². The molecule has 0 saturated carbocycles. The molecule has 0 saturated heterocycles. The molecule has 0 bridgehead atoms. The standard InChI is InChI=1S/C15H14FNO2/c1-10-8-11(6-7-17-10)13(15(18)19)9-12-4-2-3-5-14(12)16/h2-8,13H,9H2,1H3,(H,18,19). The van der Waals surface area contributed by atoms with Crippen molar-refractivity contribution >= 4 is 5.97 Å². The van der Waals surface area contributed by atoms with E-state index in [1.54, 1.807) is 43.5 Å². The summed E-state index contributed by atoms with van der Waals surface area (Å²) < 4.78 is 13.6. The summed E-state index contributed by atoms with van der Waals surface area (Å²) in [5.41, 5.74) is 1.80. The van der Waals surface area contributed by atoms with Gasteiger partial charge < -0.3 is 5.11 Å². The zero-order valence-corrected chi connectivity index (χ0v) is 10.5. The predicted octanol–water partition coefficient (Wildman–Crippen LogP) is 2.94. The van der Waals surface area contributed by atoms with Crippen LogP contribution in [0.25, 0.3) is 0 Å². The molecule has 0 amide bonds. The lowest BCUT2D eigenvalue weighted by Gasteiger charge is -2.13. The average Bonchev–Trinajstić information content (AvgIpc) is 2.37. The van der Waals surface area contributed by atoms with Crippen molar-refractivity contribution in [3.05, 3.63) is 65.2 Å². The number of carbonyl (C=O) groups is 1. The number of aliphatic carboxylic acids is 1. The van der Waals surface area contributed by atoms with Crippen molar-refractivity contribution in [2.75, 3.05) is 0 Å². The first-order valence-corrected chi connectivity index (χ1v) is 5.96. The molecule has 0 aliphatic heterocycles. The first-order valence-electron chi connectivity index (χ1n) is 5.96. The quantitative estimate of drug-likeness (QED) is 0.918. The van der Waals surface area contributed by atoms with Crippen molar-refractivity contribution in [1.29, 1.82) is 0 Å². The largest absolute Gasteiger partial charge is 0.481 e. The highest BCUT2D eigenvalue weighted by Crippen LogP contribution is 2.23. The van der Waals surface area contributed by atoms with Gasteiger partial charge in [-0.3, -0.25) is 9.78 Å². The Hall–Kier alpha value is -2.23. The number of hydrogen-bond donors (Lipinski definition) is 1. The van der Waals surface area contributed by atoms with E-state index in [4.69, 9.17) is 0 Å². The van der Waals surface area contributed by atoms with Gasteiger partial charge in [0.05, 0.1) is 5.92 Å². The van der Waals surface area contributed by atoms with E-state index in [-0.39, 0.29) is 12.2 Å². The van der Waals surface area contributed by atoms with Crippen molar-refractivity contribution in [3.8, 4) is 0 Å². The lowest BCUT2D eigenvalue weighted by Crippen LogP contribution is -2.15. The Morgan fingerprint density at radius 3 is 2.74 bits per heavy atom. The zero-order chi connectivity index (χ0) is 13.8. The number of pyridine rings is 1. The SMILES string of the molecule is Cc1cc(C(Cc2ccccc2F)C(=O)O)ccn1. The van der Waals surface area contributed by atoms with Gasteiger partial charge in [-0.15, -0.1) is 0 Å². The first kappa shape index (κ1) is 13.2. The normalized spacial score (nSPS) is 12.1. The van der Waals surface area contributed by atoms with E-state index in [1.807, 2.05) is 0 Å². The van der Waals surface area contributed by atoms with Gasteiger partial charge in [-0.2, -0.15) is 0 Å². The summed E-state index contributed by atoms with van der Waals surface area (Å²) in [6.07, 6.45) is 1.70. The minimum Gasteiger partial charge on any atom is -0.481 e. The summed E-state index contributed by atoms with van der Waals surface area (Å²) in [6.45, 7) is 1.80. The van der Waals surface area contributed by atoms with E-state index in [2.05, 4.69) is 4.98 Å². The van der Waals surface area contributed by atoms with Crippen LogP contribution < -0.4 is 0 Å².